The van der Waals surface area contributed by atoms with Gasteiger partial charge >= 0.3 is 0 Å². The number of aliphatic hydroxyl groups excluding tert-OH is 1. The Balaban J connectivity index is 1.99. The van der Waals surface area contributed by atoms with Crippen molar-refractivity contribution in [1.82, 2.24) is 4.90 Å². The summed E-state index contributed by atoms with van der Waals surface area (Å²) in [7, 11) is 1.65. The summed E-state index contributed by atoms with van der Waals surface area (Å²) in [4.78, 5) is 2.27. The molecule has 0 aliphatic carbocycles. The van der Waals surface area contributed by atoms with E-state index >= 15 is 0 Å². The third-order valence-corrected chi connectivity index (χ3v) is 4.38. The lowest BCUT2D eigenvalue weighted by Gasteiger charge is -2.46. The average Bonchev–Trinajstić information content (AvgIpc) is 2.43. The maximum Gasteiger partial charge on any atom is 0.126 e. The molecule has 3 heterocycles. The van der Waals surface area contributed by atoms with Gasteiger partial charge in [0.2, 0.25) is 0 Å². The van der Waals surface area contributed by atoms with Gasteiger partial charge in [-0.2, -0.15) is 0 Å². The molecule has 0 saturated carbocycles. The predicted octanol–water partition coefficient (Wildman–Crippen LogP) is 2.78. The smallest absolute Gasteiger partial charge is 0.126 e. The van der Waals surface area contributed by atoms with E-state index in [1.807, 2.05) is 24.3 Å². The number of hydrogen-bond acceptors (Lipinski definition) is 3. The van der Waals surface area contributed by atoms with Gasteiger partial charge in [-0.1, -0.05) is 11.6 Å². The number of nitrogens with zero attached hydrogens (tertiary/aromatic N) is 1. The highest BCUT2D eigenvalue weighted by molar-refractivity contribution is 6.30. The van der Waals surface area contributed by atoms with Crippen molar-refractivity contribution in [2.45, 2.75) is 18.9 Å². The Hall–Kier alpha value is -1.19. The molecular weight excluding hydrogens is 262 g/mol. The minimum Gasteiger partial charge on any atom is -0.496 e. The van der Waals surface area contributed by atoms with Crippen LogP contribution in [0.3, 0.4) is 0 Å². The first-order chi connectivity index (χ1) is 9.19. The van der Waals surface area contributed by atoms with Crippen LogP contribution in [0, 0.1) is 5.92 Å². The van der Waals surface area contributed by atoms with Crippen LogP contribution in [0.1, 0.15) is 18.4 Å². The fraction of sp³-hybridized carbons (Fsp3) is 0.467. The van der Waals surface area contributed by atoms with Gasteiger partial charge in [0.1, 0.15) is 5.75 Å². The Bertz CT molecular complexity index is 503. The molecular formula is C15H18ClNO2. The molecule has 3 aliphatic rings. The molecule has 3 nitrogen and oxygen atoms in total. The number of rotatable bonds is 2. The van der Waals surface area contributed by atoms with E-state index < -0.39 is 0 Å². The van der Waals surface area contributed by atoms with Crippen molar-refractivity contribution >= 4 is 17.7 Å². The van der Waals surface area contributed by atoms with Gasteiger partial charge in [0.25, 0.3) is 0 Å². The van der Waals surface area contributed by atoms with E-state index in [1.54, 1.807) is 7.11 Å². The second-order valence-electron chi connectivity index (χ2n) is 5.22. The molecule has 3 aliphatic heterocycles. The standard InChI is InChI=1S/C15H18ClNO2/c1-19-14-3-2-12(16)8-11(14)9-13-15(18)10-4-6-17(13)7-5-10/h2-3,8-10,15,18H,4-7H2,1H3/b13-9-. The zero-order valence-corrected chi connectivity index (χ0v) is 11.7. The van der Waals surface area contributed by atoms with Gasteiger partial charge in [0.15, 0.2) is 0 Å². The van der Waals surface area contributed by atoms with Crippen LogP contribution < -0.4 is 4.74 Å². The zero-order chi connectivity index (χ0) is 13.4. The first-order valence-corrected chi connectivity index (χ1v) is 7.05. The predicted molar refractivity (Wildman–Crippen MR) is 76.3 cm³/mol. The van der Waals surface area contributed by atoms with Gasteiger partial charge in [0.05, 0.1) is 13.2 Å². The third-order valence-electron chi connectivity index (χ3n) is 4.15. The molecule has 1 N–H and O–H groups in total. The van der Waals surface area contributed by atoms with Crippen LogP contribution in [0.4, 0.5) is 0 Å². The van der Waals surface area contributed by atoms with Crippen LogP contribution in [-0.2, 0) is 0 Å². The van der Waals surface area contributed by atoms with Crippen LogP contribution in [0.5, 0.6) is 5.75 Å². The molecule has 3 fully saturated rings. The van der Waals surface area contributed by atoms with Crippen LogP contribution in [-0.4, -0.2) is 36.3 Å². The maximum atomic E-state index is 10.4. The largest absolute Gasteiger partial charge is 0.496 e. The number of hydrogen-bond donors (Lipinski definition) is 1. The minimum absolute atomic E-state index is 0.355. The van der Waals surface area contributed by atoms with E-state index in [9.17, 15) is 5.11 Å². The third kappa shape index (κ3) is 2.33. The molecule has 0 radical (unpaired) electrons. The number of halogens is 1. The van der Waals surface area contributed by atoms with Gasteiger partial charge in [-0.25, -0.2) is 0 Å². The molecule has 2 bridgehead atoms. The lowest BCUT2D eigenvalue weighted by Crippen LogP contribution is -2.48. The van der Waals surface area contributed by atoms with Crippen molar-refractivity contribution in [3.63, 3.8) is 0 Å². The SMILES string of the molecule is COc1ccc(Cl)cc1/C=C1/C(O)C2CCN1CC2. The first kappa shape index (κ1) is 12.8. The van der Waals surface area contributed by atoms with E-state index in [-0.39, 0.29) is 6.10 Å². The van der Waals surface area contributed by atoms with Gasteiger partial charge in [-0.05, 0) is 43.0 Å². The number of fused-ring (bicyclic) bond motifs is 3. The first-order valence-electron chi connectivity index (χ1n) is 6.67. The molecule has 4 rings (SSSR count). The second-order valence-corrected chi connectivity index (χ2v) is 5.66. The van der Waals surface area contributed by atoms with E-state index in [0.29, 0.717) is 10.9 Å². The lowest BCUT2D eigenvalue weighted by molar-refractivity contribution is 0.0215. The number of benzene rings is 1. The Labute approximate surface area is 118 Å². The summed E-state index contributed by atoms with van der Waals surface area (Å²) in [6.45, 7) is 2.08. The average molecular weight is 280 g/mol. The number of aliphatic hydroxyl groups is 1. The van der Waals surface area contributed by atoms with Crippen LogP contribution in [0.25, 0.3) is 6.08 Å². The molecule has 1 atom stereocenters. The van der Waals surface area contributed by atoms with Crippen molar-refractivity contribution in [3.8, 4) is 5.75 Å². The summed E-state index contributed by atoms with van der Waals surface area (Å²) >= 11 is 6.05. The van der Waals surface area contributed by atoms with E-state index in [0.717, 1.165) is 42.9 Å². The second kappa shape index (κ2) is 5.06. The molecule has 1 aromatic rings. The molecule has 0 spiro atoms. The van der Waals surface area contributed by atoms with Gasteiger partial charge < -0.3 is 14.7 Å². The highest BCUT2D eigenvalue weighted by atomic mass is 35.5. The Morgan fingerprint density at radius 1 is 1.37 bits per heavy atom. The summed E-state index contributed by atoms with van der Waals surface area (Å²) in [6.07, 6.45) is 3.84. The molecule has 1 aromatic carbocycles. The molecule has 19 heavy (non-hydrogen) atoms. The van der Waals surface area contributed by atoms with Crippen LogP contribution in [0.15, 0.2) is 23.9 Å². The van der Waals surface area contributed by atoms with E-state index in [4.69, 9.17) is 16.3 Å². The number of methoxy groups -OCH3 is 1. The summed E-state index contributed by atoms with van der Waals surface area (Å²) in [6, 6.07) is 5.55. The molecule has 0 amide bonds. The maximum absolute atomic E-state index is 10.4. The van der Waals surface area contributed by atoms with Crippen molar-refractivity contribution in [2.24, 2.45) is 5.92 Å². The van der Waals surface area contributed by atoms with Crippen molar-refractivity contribution in [3.05, 3.63) is 34.5 Å². The Morgan fingerprint density at radius 2 is 2.11 bits per heavy atom. The molecule has 3 saturated heterocycles. The van der Waals surface area contributed by atoms with E-state index in [2.05, 4.69) is 4.90 Å². The summed E-state index contributed by atoms with van der Waals surface area (Å²) in [5, 5.41) is 11.0. The highest BCUT2D eigenvalue weighted by Gasteiger charge is 2.36. The molecule has 1 unspecified atom stereocenters. The van der Waals surface area contributed by atoms with Crippen LogP contribution in [0.2, 0.25) is 5.02 Å². The molecule has 102 valence electrons. The van der Waals surface area contributed by atoms with Gasteiger partial charge in [0, 0.05) is 29.4 Å². The number of ether oxygens (including phenoxy) is 1. The summed E-state index contributed by atoms with van der Waals surface area (Å²) in [5.41, 5.74) is 1.93. The lowest BCUT2D eigenvalue weighted by atomic mass is 9.83. The van der Waals surface area contributed by atoms with Gasteiger partial charge in [-0.3, -0.25) is 0 Å². The Kier molecular flexibility index (Phi) is 3.42. The van der Waals surface area contributed by atoms with Crippen molar-refractivity contribution in [2.75, 3.05) is 20.2 Å². The monoisotopic (exact) mass is 279 g/mol. The van der Waals surface area contributed by atoms with Crippen LogP contribution >= 0.6 is 11.6 Å². The quantitative estimate of drug-likeness (QED) is 0.904. The summed E-state index contributed by atoms with van der Waals surface area (Å²) < 4.78 is 5.35. The molecule has 4 heteroatoms. The van der Waals surface area contributed by atoms with E-state index in [1.165, 1.54) is 0 Å². The highest BCUT2D eigenvalue weighted by Crippen LogP contribution is 2.37. The minimum atomic E-state index is -0.355. The zero-order valence-electron chi connectivity index (χ0n) is 11.0. The van der Waals surface area contributed by atoms with Crippen molar-refractivity contribution in [1.29, 1.82) is 0 Å². The molecule has 0 aromatic heterocycles. The fourth-order valence-corrected chi connectivity index (χ4v) is 3.24. The number of piperidine rings is 3. The van der Waals surface area contributed by atoms with Crippen molar-refractivity contribution < 1.29 is 9.84 Å². The van der Waals surface area contributed by atoms with Gasteiger partial charge in [-0.15, -0.1) is 0 Å². The fourth-order valence-electron chi connectivity index (χ4n) is 3.06. The topological polar surface area (TPSA) is 32.7 Å². The normalized spacial score (nSPS) is 27.9. The Morgan fingerprint density at radius 3 is 2.74 bits per heavy atom. The summed E-state index contributed by atoms with van der Waals surface area (Å²) in [5.74, 6) is 1.19.